The molecule has 0 radical (unpaired) electrons. The fraction of sp³-hybridized carbons (Fsp3) is 0.412. The molecule has 0 aliphatic heterocycles. The largest absolute Gasteiger partial charge is 0.477 e. The van der Waals surface area contributed by atoms with Crippen LogP contribution >= 0.6 is 0 Å². The highest BCUT2D eigenvalue weighted by Crippen LogP contribution is 2.37. The molecule has 3 rings (SSSR count). The van der Waals surface area contributed by atoms with Gasteiger partial charge in [0.05, 0.1) is 5.52 Å². The minimum atomic E-state index is -1.28. The van der Waals surface area contributed by atoms with Crippen molar-refractivity contribution in [3.8, 4) is 0 Å². The molecule has 1 saturated carbocycles. The summed E-state index contributed by atoms with van der Waals surface area (Å²) < 4.78 is 16.2. The number of fused-ring (bicyclic) bond motifs is 1. The molecule has 0 amide bonds. The molecule has 2 aromatic rings. The quantitative estimate of drug-likeness (QED) is 0.889. The van der Waals surface area contributed by atoms with Crippen molar-refractivity contribution in [1.29, 1.82) is 0 Å². The third kappa shape index (κ3) is 2.74. The molecule has 0 spiro atoms. The molecule has 6 heteroatoms. The predicted molar refractivity (Wildman–Crippen MR) is 85.5 cm³/mol. The molecule has 1 heterocycles. The fourth-order valence-electron chi connectivity index (χ4n) is 2.94. The summed E-state index contributed by atoms with van der Waals surface area (Å²) in [6.07, 6.45) is 3.27. The fourth-order valence-corrected chi connectivity index (χ4v) is 2.94. The van der Waals surface area contributed by atoms with Crippen molar-refractivity contribution in [1.82, 2.24) is 9.88 Å². The lowest BCUT2D eigenvalue weighted by Gasteiger charge is -2.17. The van der Waals surface area contributed by atoms with Gasteiger partial charge in [0.1, 0.15) is 11.4 Å². The number of rotatable bonds is 5. The third-order valence-corrected chi connectivity index (χ3v) is 4.30. The van der Waals surface area contributed by atoms with E-state index in [4.69, 9.17) is 0 Å². The van der Waals surface area contributed by atoms with E-state index in [1.807, 2.05) is 18.4 Å². The molecule has 1 fully saturated rings. The molecule has 1 aromatic heterocycles. The van der Waals surface area contributed by atoms with Crippen molar-refractivity contribution in [3.05, 3.63) is 45.5 Å². The van der Waals surface area contributed by atoms with E-state index in [0.717, 1.165) is 12.8 Å². The first-order chi connectivity index (χ1) is 10.9. The van der Waals surface area contributed by atoms with E-state index in [2.05, 4.69) is 5.32 Å². The van der Waals surface area contributed by atoms with Crippen LogP contribution in [-0.2, 0) is 0 Å². The topological polar surface area (TPSA) is 71.3 Å². The summed E-state index contributed by atoms with van der Waals surface area (Å²) in [6, 6.07) is 2.84. The summed E-state index contributed by atoms with van der Waals surface area (Å²) in [5.74, 6) is -1.77. The van der Waals surface area contributed by atoms with Gasteiger partial charge in [0.15, 0.2) is 0 Å². The highest BCUT2D eigenvalue weighted by Gasteiger charge is 2.27. The second kappa shape index (κ2) is 5.77. The van der Waals surface area contributed by atoms with Gasteiger partial charge in [-0.3, -0.25) is 4.79 Å². The van der Waals surface area contributed by atoms with Crippen LogP contribution in [0.25, 0.3) is 10.9 Å². The molecule has 1 unspecified atom stereocenters. The zero-order valence-electron chi connectivity index (χ0n) is 13.1. The number of carboxylic acids is 1. The Hall–Kier alpha value is -2.21. The zero-order chi connectivity index (χ0) is 16.7. The first kappa shape index (κ1) is 15.7. The standard InChI is InChI=1S/C17H19FN2O3/c1-3-19-9(2)11-7-15-12(6-14(11)18)16(21)13(17(22)23)8-20(15)10-4-5-10/h6-10,19H,3-5H2,1-2H3,(H,22,23). The lowest BCUT2D eigenvalue weighted by molar-refractivity contribution is 0.0695. The maximum absolute atomic E-state index is 14.4. The Balaban J connectivity index is 2.29. The number of hydrogen-bond donors (Lipinski definition) is 2. The van der Waals surface area contributed by atoms with E-state index in [9.17, 15) is 19.1 Å². The summed E-state index contributed by atoms with van der Waals surface area (Å²) in [5.41, 5.74) is 0.141. The van der Waals surface area contributed by atoms with E-state index in [0.29, 0.717) is 17.6 Å². The van der Waals surface area contributed by atoms with Crippen LogP contribution in [-0.4, -0.2) is 22.2 Å². The van der Waals surface area contributed by atoms with Crippen LogP contribution < -0.4 is 10.7 Å². The van der Waals surface area contributed by atoms with Crippen molar-refractivity contribution in [2.24, 2.45) is 0 Å². The normalized spacial score (nSPS) is 15.8. The van der Waals surface area contributed by atoms with E-state index >= 15 is 0 Å². The number of carbonyl (C=O) groups is 1. The summed E-state index contributed by atoms with van der Waals surface area (Å²) in [6.45, 7) is 4.50. The Morgan fingerprint density at radius 2 is 2.17 bits per heavy atom. The average Bonchev–Trinajstić information content (AvgIpc) is 3.32. The number of halogens is 1. The number of aromatic nitrogens is 1. The van der Waals surface area contributed by atoms with Crippen LogP contribution in [0.15, 0.2) is 23.1 Å². The molecule has 2 N–H and O–H groups in total. The van der Waals surface area contributed by atoms with Crippen molar-refractivity contribution in [2.75, 3.05) is 6.54 Å². The maximum Gasteiger partial charge on any atom is 0.341 e. The van der Waals surface area contributed by atoms with Crippen molar-refractivity contribution < 1.29 is 14.3 Å². The van der Waals surface area contributed by atoms with Crippen molar-refractivity contribution >= 4 is 16.9 Å². The summed E-state index contributed by atoms with van der Waals surface area (Å²) in [4.78, 5) is 23.6. The summed E-state index contributed by atoms with van der Waals surface area (Å²) in [7, 11) is 0. The van der Waals surface area contributed by atoms with Gasteiger partial charge in [-0.25, -0.2) is 9.18 Å². The molecule has 0 saturated heterocycles. The first-order valence-corrected chi connectivity index (χ1v) is 7.79. The van der Waals surface area contributed by atoms with Crippen LogP contribution in [0.5, 0.6) is 0 Å². The van der Waals surface area contributed by atoms with Gasteiger partial charge in [0.2, 0.25) is 5.43 Å². The van der Waals surface area contributed by atoms with Crippen LogP contribution in [0.4, 0.5) is 4.39 Å². The number of carboxylic acid groups (broad SMARTS) is 1. The molecular formula is C17H19FN2O3. The smallest absolute Gasteiger partial charge is 0.341 e. The Morgan fingerprint density at radius 3 is 2.74 bits per heavy atom. The number of benzene rings is 1. The number of nitrogens with zero attached hydrogens (tertiary/aromatic N) is 1. The summed E-state index contributed by atoms with van der Waals surface area (Å²) >= 11 is 0. The average molecular weight is 318 g/mol. The van der Waals surface area contributed by atoms with E-state index in [1.54, 1.807) is 6.07 Å². The Morgan fingerprint density at radius 1 is 1.48 bits per heavy atom. The van der Waals surface area contributed by atoms with Gasteiger partial charge < -0.3 is 15.0 Å². The lowest BCUT2D eigenvalue weighted by atomic mass is 10.0. The van der Waals surface area contributed by atoms with Gasteiger partial charge in [-0.05, 0) is 38.4 Å². The molecule has 1 aliphatic carbocycles. The molecule has 1 aliphatic rings. The predicted octanol–water partition coefficient (Wildman–Crippen LogP) is 2.84. The SMILES string of the molecule is CCNC(C)c1cc2c(cc1F)c(=O)c(C(=O)O)cn2C1CC1. The molecule has 1 aromatic carbocycles. The number of hydrogen-bond acceptors (Lipinski definition) is 3. The monoisotopic (exact) mass is 318 g/mol. The Bertz CT molecular complexity index is 840. The Labute approximate surface area is 132 Å². The Kier molecular flexibility index (Phi) is 3.93. The van der Waals surface area contributed by atoms with Gasteiger partial charge in [-0.15, -0.1) is 0 Å². The van der Waals surface area contributed by atoms with E-state index < -0.39 is 17.2 Å². The minimum absolute atomic E-state index is 0.127. The maximum atomic E-state index is 14.4. The molecule has 0 bridgehead atoms. The molecular weight excluding hydrogens is 299 g/mol. The zero-order valence-corrected chi connectivity index (χ0v) is 13.1. The van der Waals surface area contributed by atoms with Gasteiger partial charge in [-0.1, -0.05) is 6.92 Å². The number of nitrogens with one attached hydrogen (secondary N) is 1. The number of pyridine rings is 1. The summed E-state index contributed by atoms with van der Waals surface area (Å²) in [5, 5.41) is 12.5. The first-order valence-electron chi connectivity index (χ1n) is 7.79. The van der Waals surface area contributed by atoms with E-state index in [1.165, 1.54) is 12.3 Å². The molecule has 122 valence electrons. The van der Waals surface area contributed by atoms with Crippen LogP contribution in [0.1, 0.15) is 54.7 Å². The lowest BCUT2D eigenvalue weighted by Crippen LogP contribution is -2.21. The van der Waals surface area contributed by atoms with Crippen LogP contribution in [0.3, 0.4) is 0 Å². The van der Waals surface area contributed by atoms with E-state index in [-0.39, 0.29) is 23.0 Å². The van der Waals surface area contributed by atoms with Crippen molar-refractivity contribution in [2.45, 2.75) is 38.8 Å². The van der Waals surface area contributed by atoms with Gasteiger partial charge >= 0.3 is 5.97 Å². The minimum Gasteiger partial charge on any atom is -0.477 e. The highest BCUT2D eigenvalue weighted by molar-refractivity contribution is 5.92. The van der Waals surface area contributed by atoms with Crippen LogP contribution in [0, 0.1) is 5.82 Å². The highest BCUT2D eigenvalue weighted by atomic mass is 19.1. The second-order valence-corrected chi connectivity index (χ2v) is 5.99. The number of aromatic carboxylic acids is 1. The van der Waals surface area contributed by atoms with Crippen LogP contribution in [0.2, 0.25) is 0 Å². The molecule has 1 atom stereocenters. The van der Waals surface area contributed by atoms with Crippen molar-refractivity contribution in [3.63, 3.8) is 0 Å². The third-order valence-electron chi connectivity index (χ3n) is 4.30. The second-order valence-electron chi connectivity index (χ2n) is 5.99. The van der Waals surface area contributed by atoms with Gasteiger partial charge in [-0.2, -0.15) is 0 Å². The van der Waals surface area contributed by atoms with Gasteiger partial charge in [0.25, 0.3) is 0 Å². The molecule has 23 heavy (non-hydrogen) atoms. The van der Waals surface area contributed by atoms with Gasteiger partial charge in [0, 0.05) is 29.2 Å². The molecule has 5 nitrogen and oxygen atoms in total.